The highest BCUT2D eigenvalue weighted by molar-refractivity contribution is 9.10. The molecule has 3 rings (SSSR count). The Morgan fingerprint density at radius 1 is 1.07 bits per heavy atom. The summed E-state index contributed by atoms with van der Waals surface area (Å²) in [6.07, 6.45) is 0. The van der Waals surface area contributed by atoms with Gasteiger partial charge in [0.2, 0.25) is 0 Å². The van der Waals surface area contributed by atoms with Crippen molar-refractivity contribution in [3.63, 3.8) is 0 Å². The second-order valence-corrected chi connectivity index (χ2v) is 7.67. The van der Waals surface area contributed by atoms with Crippen LogP contribution in [0.4, 0.5) is 5.69 Å². The standard InChI is InChI=1S/C23H23BrN2O4/c1-16(18-6-4-3-5-7-18)25-14-19-12-22(29-2)23(13-21(19)24)30-15-17-8-10-20(11-9-17)26(27)28/h3-13,16,25H,14-15H2,1-2H3. The second kappa shape index (κ2) is 10.2. The Labute approximate surface area is 184 Å². The summed E-state index contributed by atoms with van der Waals surface area (Å²) >= 11 is 3.62. The molecule has 3 aromatic carbocycles. The summed E-state index contributed by atoms with van der Waals surface area (Å²) in [6.45, 7) is 3.07. The molecule has 0 aliphatic rings. The van der Waals surface area contributed by atoms with Crippen LogP contribution in [-0.4, -0.2) is 12.0 Å². The third kappa shape index (κ3) is 5.58. The van der Waals surface area contributed by atoms with Crippen LogP contribution < -0.4 is 14.8 Å². The molecule has 0 aliphatic carbocycles. The van der Waals surface area contributed by atoms with Crippen LogP contribution in [0.2, 0.25) is 0 Å². The highest BCUT2D eigenvalue weighted by Crippen LogP contribution is 2.34. The molecule has 0 saturated heterocycles. The molecule has 156 valence electrons. The van der Waals surface area contributed by atoms with Gasteiger partial charge in [-0.1, -0.05) is 46.3 Å². The maximum absolute atomic E-state index is 10.8. The van der Waals surface area contributed by atoms with Gasteiger partial charge in [-0.05, 0) is 47.9 Å². The fraction of sp³-hybridized carbons (Fsp3) is 0.217. The lowest BCUT2D eigenvalue weighted by atomic mass is 10.1. The van der Waals surface area contributed by atoms with E-state index < -0.39 is 4.92 Å². The third-order valence-electron chi connectivity index (χ3n) is 4.77. The van der Waals surface area contributed by atoms with Crippen LogP contribution in [0.25, 0.3) is 0 Å². The normalized spacial score (nSPS) is 11.7. The van der Waals surface area contributed by atoms with Gasteiger partial charge in [-0.3, -0.25) is 10.1 Å². The lowest BCUT2D eigenvalue weighted by Gasteiger charge is -2.17. The average Bonchev–Trinajstić information content (AvgIpc) is 2.77. The van der Waals surface area contributed by atoms with Crippen molar-refractivity contribution in [2.75, 3.05) is 7.11 Å². The van der Waals surface area contributed by atoms with Crippen molar-refractivity contribution >= 4 is 21.6 Å². The van der Waals surface area contributed by atoms with E-state index in [0.717, 1.165) is 15.6 Å². The van der Waals surface area contributed by atoms with E-state index in [9.17, 15) is 10.1 Å². The van der Waals surface area contributed by atoms with Crippen molar-refractivity contribution in [3.8, 4) is 11.5 Å². The molecule has 1 N–H and O–H groups in total. The summed E-state index contributed by atoms with van der Waals surface area (Å²) in [5, 5.41) is 14.3. The van der Waals surface area contributed by atoms with Gasteiger partial charge in [0.25, 0.3) is 5.69 Å². The monoisotopic (exact) mass is 470 g/mol. The van der Waals surface area contributed by atoms with Crippen LogP contribution >= 0.6 is 15.9 Å². The molecule has 0 spiro atoms. The maximum atomic E-state index is 10.8. The van der Waals surface area contributed by atoms with Gasteiger partial charge in [-0.15, -0.1) is 0 Å². The lowest BCUT2D eigenvalue weighted by Crippen LogP contribution is -2.18. The summed E-state index contributed by atoms with van der Waals surface area (Å²) in [7, 11) is 1.60. The summed E-state index contributed by atoms with van der Waals surface area (Å²) in [4.78, 5) is 10.3. The number of nitro benzene ring substituents is 1. The number of ether oxygens (including phenoxy) is 2. The molecule has 3 aromatic rings. The quantitative estimate of drug-likeness (QED) is 0.316. The molecule has 0 saturated carbocycles. The fourth-order valence-corrected chi connectivity index (χ4v) is 3.45. The number of non-ortho nitro benzene ring substituents is 1. The van der Waals surface area contributed by atoms with Crippen molar-refractivity contribution < 1.29 is 14.4 Å². The Hall–Kier alpha value is -2.90. The summed E-state index contributed by atoms with van der Waals surface area (Å²) in [5.74, 6) is 1.23. The van der Waals surface area contributed by atoms with Crippen molar-refractivity contribution in [1.29, 1.82) is 0 Å². The highest BCUT2D eigenvalue weighted by atomic mass is 79.9. The molecular formula is C23H23BrN2O4. The molecule has 1 unspecified atom stereocenters. The number of methoxy groups -OCH3 is 1. The van der Waals surface area contributed by atoms with Crippen LogP contribution in [0.3, 0.4) is 0 Å². The van der Waals surface area contributed by atoms with Crippen molar-refractivity contribution in [1.82, 2.24) is 5.32 Å². The molecule has 1 atom stereocenters. The minimum absolute atomic E-state index is 0.0562. The van der Waals surface area contributed by atoms with E-state index in [4.69, 9.17) is 9.47 Å². The molecule has 0 aliphatic heterocycles. The highest BCUT2D eigenvalue weighted by Gasteiger charge is 2.13. The van der Waals surface area contributed by atoms with Gasteiger partial charge in [0, 0.05) is 29.2 Å². The van der Waals surface area contributed by atoms with Crippen molar-refractivity contribution in [2.45, 2.75) is 26.1 Å². The summed E-state index contributed by atoms with van der Waals surface area (Å²) in [5.41, 5.74) is 3.17. The number of rotatable bonds is 9. The van der Waals surface area contributed by atoms with Crippen molar-refractivity contribution in [2.24, 2.45) is 0 Å². The smallest absolute Gasteiger partial charge is 0.269 e. The molecule has 0 bridgehead atoms. The molecule has 30 heavy (non-hydrogen) atoms. The van der Waals surface area contributed by atoms with Crippen LogP contribution in [0.1, 0.15) is 29.7 Å². The Balaban J connectivity index is 1.66. The Bertz CT molecular complexity index is 994. The summed E-state index contributed by atoms with van der Waals surface area (Å²) in [6, 6.07) is 20.6. The van der Waals surface area contributed by atoms with Gasteiger partial charge in [0.1, 0.15) is 6.61 Å². The number of nitro groups is 1. The Morgan fingerprint density at radius 3 is 2.40 bits per heavy atom. The minimum atomic E-state index is -0.420. The van der Waals surface area contributed by atoms with E-state index in [2.05, 4.69) is 40.3 Å². The average molecular weight is 471 g/mol. The lowest BCUT2D eigenvalue weighted by molar-refractivity contribution is -0.384. The molecule has 0 radical (unpaired) electrons. The van der Waals surface area contributed by atoms with Gasteiger partial charge in [0.15, 0.2) is 11.5 Å². The molecule has 7 heteroatoms. The Morgan fingerprint density at radius 2 is 1.77 bits per heavy atom. The van der Waals surface area contributed by atoms with E-state index in [1.165, 1.54) is 17.7 Å². The predicted octanol–water partition coefficient (Wildman–Crippen LogP) is 5.80. The van der Waals surface area contributed by atoms with Gasteiger partial charge in [-0.25, -0.2) is 0 Å². The molecule has 6 nitrogen and oxygen atoms in total. The molecule has 0 heterocycles. The third-order valence-corrected chi connectivity index (χ3v) is 5.51. The molecule has 0 aromatic heterocycles. The van der Waals surface area contributed by atoms with Crippen LogP contribution in [-0.2, 0) is 13.2 Å². The first-order valence-electron chi connectivity index (χ1n) is 9.49. The maximum Gasteiger partial charge on any atom is 0.269 e. The van der Waals surface area contributed by atoms with Gasteiger partial charge in [-0.2, -0.15) is 0 Å². The first-order chi connectivity index (χ1) is 14.5. The largest absolute Gasteiger partial charge is 0.493 e. The molecule has 0 fully saturated rings. The van der Waals surface area contributed by atoms with E-state index in [1.54, 1.807) is 19.2 Å². The van der Waals surface area contributed by atoms with E-state index in [1.807, 2.05) is 30.3 Å². The number of hydrogen-bond acceptors (Lipinski definition) is 5. The summed E-state index contributed by atoms with van der Waals surface area (Å²) < 4.78 is 12.3. The van der Waals surface area contributed by atoms with E-state index in [0.29, 0.717) is 18.0 Å². The van der Waals surface area contributed by atoms with Gasteiger partial charge < -0.3 is 14.8 Å². The zero-order chi connectivity index (χ0) is 21.5. The Kier molecular flexibility index (Phi) is 7.43. The molecule has 0 amide bonds. The topological polar surface area (TPSA) is 73.6 Å². The van der Waals surface area contributed by atoms with Gasteiger partial charge >= 0.3 is 0 Å². The molecular weight excluding hydrogens is 448 g/mol. The van der Waals surface area contributed by atoms with E-state index >= 15 is 0 Å². The first-order valence-corrected chi connectivity index (χ1v) is 10.3. The van der Waals surface area contributed by atoms with Crippen LogP contribution in [0.5, 0.6) is 11.5 Å². The number of benzene rings is 3. The number of nitrogens with zero attached hydrogens (tertiary/aromatic N) is 1. The fourth-order valence-electron chi connectivity index (χ4n) is 2.98. The zero-order valence-electron chi connectivity index (χ0n) is 16.8. The number of halogens is 1. The number of nitrogens with one attached hydrogen (secondary N) is 1. The van der Waals surface area contributed by atoms with E-state index in [-0.39, 0.29) is 18.3 Å². The zero-order valence-corrected chi connectivity index (χ0v) is 18.4. The second-order valence-electron chi connectivity index (χ2n) is 6.82. The van der Waals surface area contributed by atoms with Gasteiger partial charge in [0.05, 0.1) is 12.0 Å². The SMILES string of the molecule is COc1cc(CNC(C)c2ccccc2)c(Br)cc1OCc1ccc([N+](=O)[O-])cc1. The van der Waals surface area contributed by atoms with Crippen molar-refractivity contribution in [3.05, 3.63) is 98.0 Å². The minimum Gasteiger partial charge on any atom is -0.493 e. The van der Waals surface area contributed by atoms with Crippen LogP contribution in [0, 0.1) is 10.1 Å². The van der Waals surface area contributed by atoms with Crippen LogP contribution in [0.15, 0.2) is 71.2 Å². The first kappa shape index (κ1) is 21.8. The number of hydrogen-bond donors (Lipinski definition) is 1. The predicted molar refractivity (Wildman–Crippen MR) is 120 cm³/mol.